The molecule has 3 rings (SSSR count). The van der Waals surface area contributed by atoms with Crippen LogP contribution in [-0.2, 0) is 16.0 Å². The van der Waals surface area contributed by atoms with Gasteiger partial charge >= 0.3 is 5.97 Å². The van der Waals surface area contributed by atoms with Gasteiger partial charge in [-0.1, -0.05) is 23.3 Å². The van der Waals surface area contributed by atoms with E-state index in [1.807, 2.05) is 24.3 Å². The lowest BCUT2D eigenvalue weighted by Gasteiger charge is -2.26. The van der Waals surface area contributed by atoms with E-state index >= 15 is 0 Å². The lowest BCUT2D eigenvalue weighted by molar-refractivity contribution is -0.155. The van der Waals surface area contributed by atoms with Gasteiger partial charge in [0, 0.05) is 22.9 Å². The molecule has 1 heterocycles. The molecule has 0 amide bonds. The Bertz CT molecular complexity index is 903. The van der Waals surface area contributed by atoms with Crippen LogP contribution in [0.3, 0.4) is 0 Å². The van der Waals surface area contributed by atoms with Gasteiger partial charge in [-0.25, -0.2) is 14.4 Å². The fraction of sp³-hybridized carbons (Fsp3) is 0.421. The molecule has 28 heavy (non-hydrogen) atoms. The molecule has 0 saturated heterocycles. The Balaban J connectivity index is 1.91. The Morgan fingerprint density at radius 1 is 1.43 bits per heavy atom. The van der Waals surface area contributed by atoms with Gasteiger partial charge in [-0.05, 0) is 59.3 Å². The van der Waals surface area contributed by atoms with E-state index in [0.717, 1.165) is 15.6 Å². The lowest BCUT2D eigenvalue weighted by Crippen LogP contribution is -2.33. The van der Waals surface area contributed by atoms with Crippen LogP contribution in [0.5, 0.6) is 0 Å². The van der Waals surface area contributed by atoms with Crippen molar-refractivity contribution in [3.05, 3.63) is 57.1 Å². The Morgan fingerprint density at radius 2 is 2.18 bits per heavy atom. The number of aromatic nitrogens is 2. The van der Waals surface area contributed by atoms with Crippen LogP contribution in [-0.4, -0.2) is 34.8 Å². The Kier molecular flexibility index (Phi) is 6.26. The highest BCUT2D eigenvalue weighted by atomic mass is 79.9. The maximum absolute atomic E-state index is 14.5. The fourth-order valence-electron chi connectivity index (χ4n) is 3.64. The maximum Gasteiger partial charge on any atom is 0.312 e. The van der Waals surface area contributed by atoms with Gasteiger partial charge in [-0.3, -0.25) is 4.79 Å². The summed E-state index contributed by atoms with van der Waals surface area (Å²) in [6.07, 6.45) is 2.31. The Hall–Kier alpha value is -2.51. The molecule has 0 radical (unpaired) electrons. The molecule has 0 N–H and O–H groups in total. The first-order valence-corrected chi connectivity index (χ1v) is 9.69. The monoisotopic (exact) mass is 447 g/mol. The molecule has 2 aromatic rings. The summed E-state index contributed by atoms with van der Waals surface area (Å²) in [6, 6.07) is 6.61. The van der Waals surface area contributed by atoms with Gasteiger partial charge < -0.3 is 4.74 Å². The molecular weight excluding hydrogens is 429 g/mol. The average molecular weight is 448 g/mol. The summed E-state index contributed by atoms with van der Waals surface area (Å²) < 4.78 is 20.5. The van der Waals surface area contributed by atoms with Gasteiger partial charge in [0.2, 0.25) is 0 Å². The molecular formula is C19H19BrFN5O2. The van der Waals surface area contributed by atoms with Crippen LogP contribution < -0.4 is 0 Å². The second-order valence-corrected chi connectivity index (χ2v) is 7.72. The first-order valence-electron chi connectivity index (χ1n) is 8.90. The molecule has 3 atom stereocenters. The number of carbonyl (C=O) groups excluding carboxylic acids is 1. The molecule has 0 spiro atoms. The van der Waals surface area contributed by atoms with Crippen LogP contribution in [0.15, 0.2) is 46.2 Å². The van der Waals surface area contributed by atoms with E-state index in [-0.39, 0.29) is 25.9 Å². The third kappa shape index (κ3) is 4.31. The summed E-state index contributed by atoms with van der Waals surface area (Å²) in [5, 5.41) is 3.53. The Morgan fingerprint density at radius 3 is 2.86 bits per heavy atom. The van der Waals surface area contributed by atoms with Crippen molar-refractivity contribution in [3.63, 3.8) is 0 Å². The molecule has 1 aromatic carbocycles. The number of esters is 1. The predicted octanol–water partition coefficient (Wildman–Crippen LogP) is 4.81. The number of carbonyl (C=O) groups is 1. The Labute approximate surface area is 170 Å². The highest BCUT2D eigenvalue weighted by Crippen LogP contribution is 2.45. The van der Waals surface area contributed by atoms with Crippen LogP contribution in [0, 0.1) is 5.41 Å². The zero-order chi connectivity index (χ0) is 20.1. The fourth-order valence-corrected chi connectivity index (χ4v) is 3.84. The van der Waals surface area contributed by atoms with Gasteiger partial charge in [-0.2, -0.15) is 0 Å². The molecule has 1 aromatic heterocycles. The van der Waals surface area contributed by atoms with Gasteiger partial charge in [0.15, 0.2) is 5.82 Å². The highest BCUT2D eigenvalue weighted by molar-refractivity contribution is 9.10. The summed E-state index contributed by atoms with van der Waals surface area (Å²) in [5.74, 6) is 0.0931. The normalized spacial score (nSPS) is 23.8. The molecule has 0 unspecified atom stereocenters. The third-order valence-electron chi connectivity index (χ3n) is 4.86. The van der Waals surface area contributed by atoms with E-state index in [0.29, 0.717) is 5.82 Å². The van der Waals surface area contributed by atoms with Crippen molar-refractivity contribution in [3.8, 4) is 11.4 Å². The van der Waals surface area contributed by atoms with Crippen molar-refractivity contribution in [1.29, 1.82) is 0 Å². The summed E-state index contributed by atoms with van der Waals surface area (Å²) >= 11 is 3.31. The van der Waals surface area contributed by atoms with Crippen LogP contribution in [0.2, 0.25) is 0 Å². The average Bonchev–Trinajstić information content (AvgIpc) is 2.99. The highest BCUT2D eigenvalue weighted by Gasteiger charge is 2.51. The lowest BCUT2D eigenvalue weighted by atomic mass is 9.79. The molecule has 0 bridgehead atoms. The van der Waals surface area contributed by atoms with Crippen molar-refractivity contribution in [1.82, 2.24) is 9.97 Å². The van der Waals surface area contributed by atoms with Crippen LogP contribution in [0.1, 0.15) is 25.3 Å². The van der Waals surface area contributed by atoms with Gasteiger partial charge in [0.05, 0.1) is 22.5 Å². The van der Waals surface area contributed by atoms with Crippen molar-refractivity contribution < 1.29 is 13.9 Å². The van der Waals surface area contributed by atoms with Gasteiger partial charge in [0.25, 0.3) is 0 Å². The molecule has 1 fully saturated rings. The maximum atomic E-state index is 14.5. The molecule has 1 aliphatic rings. The van der Waals surface area contributed by atoms with Crippen molar-refractivity contribution in [2.45, 2.75) is 38.4 Å². The minimum Gasteiger partial charge on any atom is -0.466 e. The third-order valence-corrected chi connectivity index (χ3v) is 5.27. The van der Waals surface area contributed by atoms with E-state index in [4.69, 9.17) is 10.3 Å². The second kappa shape index (κ2) is 8.67. The molecule has 1 saturated carbocycles. The van der Waals surface area contributed by atoms with Gasteiger partial charge in [0.1, 0.15) is 6.17 Å². The largest absolute Gasteiger partial charge is 0.466 e. The predicted molar refractivity (Wildman–Crippen MR) is 105 cm³/mol. The van der Waals surface area contributed by atoms with E-state index in [1.54, 1.807) is 19.3 Å². The van der Waals surface area contributed by atoms with Crippen molar-refractivity contribution in [2.24, 2.45) is 10.5 Å². The number of azide groups is 1. The SMILES string of the molecule is CCOC(=O)[C@@]1(Cc2cccc(-c3ncc(Br)cn3)c2)C[C@@H](F)[C@H](N=[N+]=[N-])C1. The van der Waals surface area contributed by atoms with E-state index in [2.05, 4.69) is 35.9 Å². The number of hydrogen-bond acceptors (Lipinski definition) is 5. The topological polar surface area (TPSA) is 101 Å². The van der Waals surface area contributed by atoms with Crippen molar-refractivity contribution >= 4 is 21.9 Å². The number of hydrogen-bond donors (Lipinski definition) is 0. The minimum atomic E-state index is -1.38. The van der Waals surface area contributed by atoms with Gasteiger partial charge in [-0.15, -0.1) is 0 Å². The number of rotatable bonds is 6. The number of ether oxygens (including phenoxy) is 1. The number of halogens is 2. The van der Waals surface area contributed by atoms with Crippen molar-refractivity contribution in [2.75, 3.05) is 6.61 Å². The van der Waals surface area contributed by atoms with E-state index < -0.39 is 23.6 Å². The zero-order valence-electron chi connectivity index (χ0n) is 15.3. The zero-order valence-corrected chi connectivity index (χ0v) is 16.8. The minimum absolute atomic E-state index is 0.0332. The van der Waals surface area contributed by atoms with E-state index in [9.17, 15) is 9.18 Å². The molecule has 9 heteroatoms. The number of benzene rings is 1. The molecule has 146 valence electrons. The number of alkyl halides is 1. The molecule has 1 aliphatic carbocycles. The summed E-state index contributed by atoms with van der Waals surface area (Å²) in [6.45, 7) is 1.92. The second-order valence-electron chi connectivity index (χ2n) is 6.80. The van der Waals surface area contributed by atoms with Crippen LogP contribution in [0.25, 0.3) is 21.8 Å². The quantitative estimate of drug-likeness (QED) is 0.274. The summed E-state index contributed by atoms with van der Waals surface area (Å²) in [7, 11) is 0. The summed E-state index contributed by atoms with van der Waals surface area (Å²) in [5.41, 5.74) is 9.26. The molecule has 7 nitrogen and oxygen atoms in total. The van der Waals surface area contributed by atoms with E-state index in [1.165, 1.54) is 0 Å². The standard InChI is InChI=1S/C19H19BrFN5O2/c1-2-28-18(27)19(8-15(21)16(9-19)25-26-22)7-12-4-3-5-13(6-12)17-23-10-14(20)11-24-17/h3-6,10-11,15-16H,2,7-9H2,1H3/t15-,16-,19+/m1/s1. The van der Waals surface area contributed by atoms with Crippen LogP contribution in [0.4, 0.5) is 4.39 Å². The molecule has 0 aliphatic heterocycles. The first kappa shape index (κ1) is 20.2. The number of nitrogens with zero attached hydrogens (tertiary/aromatic N) is 5. The summed E-state index contributed by atoms with van der Waals surface area (Å²) in [4.78, 5) is 24.0. The smallest absolute Gasteiger partial charge is 0.312 e. The first-order chi connectivity index (χ1) is 13.5. The van der Waals surface area contributed by atoms with Crippen LogP contribution >= 0.6 is 15.9 Å².